The van der Waals surface area contributed by atoms with E-state index in [1.807, 2.05) is 6.92 Å². The Kier molecular flexibility index (Phi) is 5.42. The van der Waals surface area contributed by atoms with Gasteiger partial charge in [-0.2, -0.15) is 0 Å². The van der Waals surface area contributed by atoms with Gasteiger partial charge in [-0.1, -0.05) is 17.7 Å². The monoisotopic (exact) mass is 435 g/mol. The van der Waals surface area contributed by atoms with Crippen LogP contribution in [0.4, 0.5) is 5.69 Å². The quantitative estimate of drug-likeness (QED) is 0.542. The van der Waals surface area contributed by atoms with Crippen molar-refractivity contribution in [1.29, 1.82) is 0 Å². The first-order valence-corrected chi connectivity index (χ1v) is 11.3. The molecule has 0 unspecified atom stereocenters. The average Bonchev–Trinajstić information content (AvgIpc) is 3.20. The molecule has 28 heavy (non-hydrogen) atoms. The second-order valence-corrected chi connectivity index (χ2v) is 10.0. The van der Waals surface area contributed by atoms with E-state index in [0.29, 0.717) is 20.2 Å². The molecule has 146 valence electrons. The molecule has 0 fully saturated rings. The maximum atomic E-state index is 12.8. The summed E-state index contributed by atoms with van der Waals surface area (Å²) in [7, 11) is -3.95. The number of thiophene rings is 2. The van der Waals surface area contributed by atoms with Crippen LogP contribution in [-0.2, 0) is 10.0 Å². The Morgan fingerprint density at radius 3 is 2.29 bits per heavy atom. The summed E-state index contributed by atoms with van der Waals surface area (Å²) in [5, 5.41) is 9.50. The summed E-state index contributed by atoms with van der Waals surface area (Å²) in [5.41, 5.74) is 1.51. The minimum Gasteiger partial charge on any atom is -0.477 e. The smallest absolute Gasteiger partial charge is 0.348 e. The number of carboxylic acids is 1. The Balaban J connectivity index is 2.02. The number of nitrogens with one attached hydrogen (secondary N) is 1. The molecule has 0 saturated carbocycles. The predicted octanol–water partition coefficient (Wildman–Crippen LogP) is 4.80. The summed E-state index contributed by atoms with van der Waals surface area (Å²) < 4.78 is 28.0. The molecule has 3 aromatic rings. The van der Waals surface area contributed by atoms with Gasteiger partial charge in [-0.05, 0) is 50.6 Å². The molecule has 0 amide bonds. The van der Waals surface area contributed by atoms with Crippen molar-refractivity contribution in [2.24, 2.45) is 0 Å². The number of carbonyl (C=O) groups excluding carboxylic acids is 1. The number of aryl methyl sites for hydroxylation is 2. The SMILES string of the molecule is CC(=O)c1ccc(-c2cc(NS(=O)(=O)c3ccc(C)cc3C)c(C(=O)O)s2)s1. The van der Waals surface area contributed by atoms with Gasteiger partial charge in [0.1, 0.15) is 4.88 Å². The highest BCUT2D eigenvalue weighted by atomic mass is 32.2. The molecule has 3 rings (SSSR count). The fourth-order valence-corrected chi connectivity index (χ4v) is 6.00. The first-order valence-electron chi connectivity index (χ1n) is 8.17. The molecular formula is C19H17NO5S3. The Morgan fingerprint density at radius 1 is 1.00 bits per heavy atom. The maximum absolute atomic E-state index is 12.8. The van der Waals surface area contributed by atoms with Crippen LogP contribution in [0.1, 0.15) is 37.4 Å². The topological polar surface area (TPSA) is 101 Å². The van der Waals surface area contributed by atoms with E-state index in [9.17, 15) is 23.1 Å². The Hall–Kier alpha value is -2.49. The lowest BCUT2D eigenvalue weighted by Crippen LogP contribution is -2.15. The number of hydrogen-bond acceptors (Lipinski definition) is 6. The van der Waals surface area contributed by atoms with Crippen LogP contribution in [0.3, 0.4) is 0 Å². The van der Waals surface area contributed by atoms with Crippen LogP contribution >= 0.6 is 22.7 Å². The third-order valence-corrected chi connectivity index (χ3v) is 8.02. The number of hydrogen-bond donors (Lipinski definition) is 2. The second-order valence-electron chi connectivity index (χ2n) is 6.25. The molecule has 2 aromatic heterocycles. The van der Waals surface area contributed by atoms with Gasteiger partial charge >= 0.3 is 5.97 Å². The van der Waals surface area contributed by atoms with Crippen LogP contribution in [0.15, 0.2) is 41.3 Å². The lowest BCUT2D eigenvalue weighted by atomic mass is 10.2. The predicted molar refractivity (Wildman–Crippen MR) is 111 cm³/mol. The van der Waals surface area contributed by atoms with Crippen LogP contribution in [0.2, 0.25) is 0 Å². The first-order chi connectivity index (χ1) is 13.1. The third-order valence-electron chi connectivity index (χ3n) is 3.99. The van der Waals surface area contributed by atoms with Crippen LogP contribution in [-0.4, -0.2) is 25.3 Å². The summed E-state index contributed by atoms with van der Waals surface area (Å²) in [5.74, 6) is -1.31. The van der Waals surface area contributed by atoms with Crippen molar-refractivity contribution in [2.45, 2.75) is 25.7 Å². The van der Waals surface area contributed by atoms with Crippen molar-refractivity contribution in [2.75, 3.05) is 4.72 Å². The number of anilines is 1. The van der Waals surface area contributed by atoms with Gasteiger partial charge in [0.25, 0.3) is 10.0 Å². The minimum atomic E-state index is -3.95. The van der Waals surface area contributed by atoms with Gasteiger partial charge in [-0.25, -0.2) is 13.2 Å². The number of aromatic carboxylic acids is 1. The molecule has 1 aromatic carbocycles. The van der Waals surface area contributed by atoms with Gasteiger partial charge in [0.15, 0.2) is 5.78 Å². The van der Waals surface area contributed by atoms with E-state index < -0.39 is 16.0 Å². The van der Waals surface area contributed by atoms with Gasteiger partial charge in [0, 0.05) is 9.75 Å². The first kappa shape index (κ1) is 20.2. The van der Waals surface area contributed by atoms with Crippen molar-refractivity contribution in [3.63, 3.8) is 0 Å². The summed E-state index contributed by atoms with van der Waals surface area (Å²) in [4.78, 5) is 25.0. The summed E-state index contributed by atoms with van der Waals surface area (Å²) >= 11 is 2.20. The normalized spacial score (nSPS) is 11.4. The molecule has 9 heteroatoms. The number of benzene rings is 1. The molecule has 0 aliphatic carbocycles. The number of sulfonamides is 1. The largest absolute Gasteiger partial charge is 0.477 e. The fraction of sp³-hybridized carbons (Fsp3) is 0.158. The number of carboxylic acid groups (broad SMARTS) is 1. The molecule has 0 atom stereocenters. The molecule has 0 radical (unpaired) electrons. The van der Waals surface area contributed by atoms with Gasteiger partial charge in [0.05, 0.1) is 15.5 Å². The second kappa shape index (κ2) is 7.50. The molecule has 2 heterocycles. The van der Waals surface area contributed by atoms with Gasteiger partial charge < -0.3 is 5.11 Å². The molecule has 0 spiro atoms. The summed E-state index contributed by atoms with van der Waals surface area (Å²) in [6, 6.07) is 9.82. The van der Waals surface area contributed by atoms with E-state index in [1.54, 1.807) is 31.2 Å². The van der Waals surface area contributed by atoms with Crippen molar-refractivity contribution < 1.29 is 23.1 Å². The van der Waals surface area contributed by atoms with E-state index in [2.05, 4.69) is 4.72 Å². The van der Waals surface area contributed by atoms with E-state index in [-0.39, 0.29) is 21.2 Å². The molecular weight excluding hydrogens is 418 g/mol. The molecule has 0 aliphatic heterocycles. The highest BCUT2D eigenvalue weighted by molar-refractivity contribution is 7.92. The number of carbonyl (C=O) groups is 2. The Bertz CT molecular complexity index is 1190. The molecule has 0 aliphatic rings. The zero-order valence-corrected chi connectivity index (χ0v) is 17.7. The van der Waals surface area contributed by atoms with Crippen LogP contribution in [0.5, 0.6) is 0 Å². The third kappa shape index (κ3) is 4.01. The zero-order chi connectivity index (χ0) is 20.6. The van der Waals surface area contributed by atoms with Gasteiger partial charge in [-0.15, -0.1) is 22.7 Å². The van der Waals surface area contributed by atoms with Gasteiger partial charge in [0.2, 0.25) is 0 Å². The maximum Gasteiger partial charge on any atom is 0.348 e. The number of Topliss-reactive ketones (excluding diaryl/α,β-unsaturated/α-hetero) is 1. The lowest BCUT2D eigenvalue weighted by Gasteiger charge is -2.10. The van der Waals surface area contributed by atoms with Crippen molar-refractivity contribution in [3.05, 3.63) is 57.3 Å². The highest BCUT2D eigenvalue weighted by Crippen LogP contribution is 2.39. The van der Waals surface area contributed by atoms with Crippen molar-refractivity contribution in [1.82, 2.24) is 0 Å². The van der Waals surface area contributed by atoms with Crippen LogP contribution in [0.25, 0.3) is 9.75 Å². The van der Waals surface area contributed by atoms with E-state index in [4.69, 9.17) is 0 Å². The summed E-state index contributed by atoms with van der Waals surface area (Å²) in [6.07, 6.45) is 0. The fourth-order valence-electron chi connectivity index (χ4n) is 2.71. The van der Waals surface area contributed by atoms with E-state index >= 15 is 0 Å². The number of rotatable bonds is 6. The highest BCUT2D eigenvalue weighted by Gasteiger charge is 2.24. The van der Waals surface area contributed by atoms with Crippen molar-refractivity contribution >= 4 is 50.1 Å². The summed E-state index contributed by atoms with van der Waals surface area (Å²) in [6.45, 7) is 5.00. The van der Waals surface area contributed by atoms with Crippen LogP contribution in [0, 0.1) is 13.8 Å². The molecule has 0 bridgehead atoms. The number of ketones is 1. The standard InChI is InChI=1S/C19H17NO5S3/c1-10-4-7-17(11(2)8-10)28(24,25)20-13-9-16(27-18(13)19(22)23)15-6-5-14(26-15)12(3)21/h4-9,20H,1-3H3,(H,22,23). The lowest BCUT2D eigenvalue weighted by molar-refractivity contribution is 0.0703. The van der Waals surface area contributed by atoms with E-state index in [1.165, 1.54) is 30.4 Å². The van der Waals surface area contributed by atoms with E-state index in [0.717, 1.165) is 16.9 Å². The van der Waals surface area contributed by atoms with Gasteiger partial charge in [-0.3, -0.25) is 9.52 Å². The molecule has 6 nitrogen and oxygen atoms in total. The Labute approximate surface area is 170 Å². The molecule has 2 N–H and O–H groups in total. The molecule has 0 saturated heterocycles. The van der Waals surface area contributed by atoms with Crippen molar-refractivity contribution in [3.8, 4) is 9.75 Å². The van der Waals surface area contributed by atoms with Crippen LogP contribution < -0.4 is 4.72 Å². The average molecular weight is 436 g/mol. The Morgan fingerprint density at radius 2 is 1.71 bits per heavy atom. The zero-order valence-electron chi connectivity index (χ0n) is 15.3. The minimum absolute atomic E-state index is 0.00486.